The van der Waals surface area contributed by atoms with Crippen LogP contribution in [0.15, 0.2) is 0 Å². The number of carbonyl (C=O) groups excluding carboxylic acids is 1. The average Bonchev–Trinajstić information content (AvgIpc) is 2.30. The van der Waals surface area contributed by atoms with E-state index < -0.39 is 0 Å². The molecule has 0 aliphatic carbocycles. The Bertz CT molecular complexity index is 183. The van der Waals surface area contributed by atoms with Crippen LogP contribution in [0, 0.1) is 0 Å². The van der Waals surface area contributed by atoms with Gasteiger partial charge in [0.05, 0.1) is 6.10 Å². The van der Waals surface area contributed by atoms with Gasteiger partial charge in [0, 0.05) is 11.8 Å². The molecule has 2 nitrogen and oxygen atoms in total. The molecule has 0 amide bonds. The van der Waals surface area contributed by atoms with E-state index in [4.69, 9.17) is 4.74 Å². The van der Waals surface area contributed by atoms with Gasteiger partial charge >= 0.3 is 5.97 Å². The maximum atomic E-state index is 11.5. The molecule has 0 fully saturated rings. The molecule has 0 spiro atoms. The number of rotatable bonds is 11. The molecule has 1 atom stereocenters. The Morgan fingerprint density at radius 1 is 1.12 bits per heavy atom. The Kier molecular flexibility index (Phi) is 12.4. The van der Waals surface area contributed by atoms with Crippen molar-refractivity contribution in [2.75, 3.05) is 5.33 Å². The second-order valence-corrected chi connectivity index (χ2v) is 5.44. The molecule has 0 aliphatic rings. The molecule has 0 aromatic carbocycles. The monoisotopic (exact) mass is 306 g/mol. The smallest absolute Gasteiger partial charge is 0.306 e. The van der Waals surface area contributed by atoms with E-state index in [9.17, 15) is 4.79 Å². The molecule has 0 saturated heterocycles. The van der Waals surface area contributed by atoms with Gasteiger partial charge in [0.1, 0.15) is 0 Å². The standard InChI is InChI=1S/C14H27BrO2/c1-3-4-5-7-10-13(2)17-14(16)11-8-6-9-12-15/h13H,3-12H2,1-2H3. The minimum atomic E-state index is -0.0254. The molecule has 0 rings (SSSR count). The second kappa shape index (κ2) is 12.4. The number of carbonyl (C=O) groups is 1. The van der Waals surface area contributed by atoms with Crippen LogP contribution >= 0.6 is 15.9 Å². The molecular formula is C14H27BrO2. The first-order valence-corrected chi connectivity index (χ1v) is 8.08. The Morgan fingerprint density at radius 3 is 2.47 bits per heavy atom. The third kappa shape index (κ3) is 12.2. The molecule has 17 heavy (non-hydrogen) atoms. The van der Waals surface area contributed by atoms with E-state index in [0.717, 1.165) is 31.0 Å². The molecule has 0 aromatic rings. The molecule has 0 N–H and O–H groups in total. The highest BCUT2D eigenvalue weighted by Crippen LogP contribution is 2.10. The van der Waals surface area contributed by atoms with Gasteiger partial charge in [-0.1, -0.05) is 48.5 Å². The number of alkyl halides is 1. The van der Waals surface area contributed by atoms with Crippen molar-refractivity contribution in [3.63, 3.8) is 0 Å². The maximum Gasteiger partial charge on any atom is 0.306 e. The molecule has 3 heteroatoms. The van der Waals surface area contributed by atoms with Crippen molar-refractivity contribution < 1.29 is 9.53 Å². The predicted molar refractivity (Wildman–Crippen MR) is 76.6 cm³/mol. The fourth-order valence-corrected chi connectivity index (χ4v) is 2.14. The summed E-state index contributed by atoms with van der Waals surface area (Å²) in [5, 5.41) is 1.02. The Balaban J connectivity index is 3.38. The molecular weight excluding hydrogens is 280 g/mol. The number of halogens is 1. The second-order valence-electron chi connectivity index (χ2n) is 4.65. The SMILES string of the molecule is CCCCCCC(C)OC(=O)CCCCCBr. The molecule has 1 unspecified atom stereocenters. The Hall–Kier alpha value is -0.0500. The van der Waals surface area contributed by atoms with Crippen LogP contribution in [0.2, 0.25) is 0 Å². The van der Waals surface area contributed by atoms with Crippen molar-refractivity contribution in [1.29, 1.82) is 0 Å². The number of ether oxygens (including phenoxy) is 1. The molecule has 0 bridgehead atoms. The van der Waals surface area contributed by atoms with Gasteiger partial charge < -0.3 is 4.74 Å². The first-order chi connectivity index (χ1) is 8.20. The van der Waals surface area contributed by atoms with Crippen molar-refractivity contribution in [1.82, 2.24) is 0 Å². The van der Waals surface area contributed by atoms with E-state index in [2.05, 4.69) is 22.9 Å². The van der Waals surface area contributed by atoms with Gasteiger partial charge in [0.2, 0.25) is 0 Å². The van der Waals surface area contributed by atoms with Crippen molar-refractivity contribution in [3.05, 3.63) is 0 Å². The number of esters is 1. The highest BCUT2D eigenvalue weighted by molar-refractivity contribution is 9.09. The molecule has 0 aliphatic heterocycles. The number of hydrogen-bond donors (Lipinski definition) is 0. The van der Waals surface area contributed by atoms with E-state index in [1.54, 1.807) is 0 Å². The lowest BCUT2D eigenvalue weighted by Gasteiger charge is -2.12. The van der Waals surface area contributed by atoms with Gasteiger partial charge in [0.25, 0.3) is 0 Å². The van der Waals surface area contributed by atoms with Crippen LogP contribution < -0.4 is 0 Å². The van der Waals surface area contributed by atoms with Crippen LogP contribution in [0.3, 0.4) is 0 Å². The summed E-state index contributed by atoms with van der Waals surface area (Å²) in [7, 11) is 0. The third-order valence-corrected chi connectivity index (χ3v) is 3.37. The minimum Gasteiger partial charge on any atom is -0.463 e. The first-order valence-electron chi connectivity index (χ1n) is 6.96. The highest BCUT2D eigenvalue weighted by atomic mass is 79.9. The average molecular weight is 307 g/mol. The van der Waals surface area contributed by atoms with Crippen LogP contribution in [-0.4, -0.2) is 17.4 Å². The van der Waals surface area contributed by atoms with E-state index in [0.29, 0.717) is 6.42 Å². The summed E-state index contributed by atoms with van der Waals surface area (Å²) in [5.41, 5.74) is 0. The third-order valence-electron chi connectivity index (χ3n) is 2.81. The summed E-state index contributed by atoms with van der Waals surface area (Å²) in [4.78, 5) is 11.5. The first kappa shape index (κ1) is 16.9. The summed E-state index contributed by atoms with van der Waals surface area (Å²) >= 11 is 3.38. The van der Waals surface area contributed by atoms with Gasteiger partial charge in [-0.15, -0.1) is 0 Å². The van der Waals surface area contributed by atoms with Crippen molar-refractivity contribution in [2.24, 2.45) is 0 Å². The summed E-state index contributed by atoms with van der Waals surface area (Å²) in [6.45, 7) is 4.21. The zero-order valence-electron chi connectivity index (χ0n) is 11.3. The van der Waals surface area contributed by atoms with E-state index >= 15 is 0 Å². The predicted octanol–water partition coefficient (Wildman–Crippen LogP) is 4.84. The van der Waals surface area contributed by atoms with E-state index in [1.165, 1.54) is 25.7 Å². The number of hydrogen-bond acceptors (Lipinski definition) is 2. The molecule has 0 radical (unpaired) electrons. The van der Waals surface area contributed by atoms with Crippen molar-refractivity contribution in [2.45, 2.75) is 77.7 Å². The summed E-state index contributed by atoms with van der Waals surface area (Å²) in [5.74, 6) is -0.0254. The highest BCUT2D eigenvalue weighted by Gasteiger charge is 2.08. The van der Waals surface area contributed by atoms with Crippen LogP contribution in [-0.2, 0) is 9.53 Å². The Morgan fingerprint density at radius 2 is 1.82 bits per heavy atom. The van der Waals surface area contributed by atoms with Gasteiger partial charge in [-0.3, -0.25) is 4.79 Å². The zero-order chi connectivity index (χ0) is 12.9. The minimum absolute atomic E-state index is 0.0254. The van der Waals surface area contributed by atoms with Crippen LogP contribution in [0.4, 0.5) is 0 Å². The van der Waals surface area contributed by atoms with Crippen LogP contribution in [0.25, 0.3) is 0 Å². The van der Waals surface area contributed by atoms with Gasteiger partial charge in [-0.25, -0.2) is 0 Å². The zero-order valence-corrected chi connectivity index (χ0v) is 12.9. The summed E-state index contributed by atoms with van der Waals surface area (Å²) < 4.78 is 5.36. The fourth-order valence-electron chi connectivity index (χ4n) is 1.74. The largest absolute Gasteiger partial charge is 0.463 e. The van der Waals surface area contributed by atoms with Crippen LogP contribution in [0.5, 0.6) is 0 Å². The molecule has 102 valence electrons. The summed E-state index contributed by atoms with van der Waals surface area (Å²) in [6, 6.07) is 0. The lowest BCUT2D eigenvalue weighted by atomic mass is 10.1. The number of unbranched alkanes of at least 4 members (excludes halogenated alkanes) is 5. The lowest BCUT2D eigenvalue weighted by molar-refractivity contribution is -0.148. The van der Waals surface area contributed by atoms with E-state index in [1.807, 2.05) is 6.92 Å². The summed E-state index contributed by atoms with van der Waals surface area (Å²) in [6.07, 6.45) is 9.83. The Labute approximate surface area is 115 Å². The molecule has 0 saturated carbocycles. The maximum absolute atomic E-state index is 11.5. The van der Waals surface area contributed by atoms with Crippen LogP contribution in [0.1, 0.15) is 71.6 Å². The van der Waals surface area contributed by atoms with E-state index in [-0.39, 0.29) is 12.1 Å². The van der Waals surface area contributed by atoms with Gasteiger partial charge in [0.15, 0.2) is 0 Å². The normalized spacial score (nSPS) is 12.4. The van der Waals surface area contributed by atoms with Gasteiger partial charge in [-0.2, -0.15) is 0 Å². The fraction of sp³-hybridized carbons (Fsp3) is 0.929. The molecule has 0 heterocycles. The lowest BCUT2D eigenvalue weighted by Crippen LogP contribution is -2.14. The quantitative estimate of drug-likeness (QED) is 0.310. The molecule has 0 aromatic heterocycles. The van der Waals surface area contributed by atoms with Crippen molar-refractivity contribution in [3.8, 4) is 0 Å². The topological polar surface area (TPSA) is 26.3 Å². The van der Waals surface area contributed by atoms with Gasteiger partial charge in [-0.05, 0) is 32.6 Å². The van der Waals surface area contributed by atoms with Crippen molar-refractivity contribution >= 4 is 21.9 Å².